The highest BCUT2D eigenvalue weighted by molar-refractivity contribution is 6.51. The molecule has 1 aliphatic heterocycles. The fourth-order valence-corrected chi connectivity index (χ4v) is 3.81. The third-order valence-electron chi connectivity index (χ3n) is 5.21. The number of anilines is 1. The smallest absolute Gasteiger partial charge is 0.416 e. The third kappa shape index (κ3) is 4.09. The van der Waals surface area contributed by atoms with E-state index in [1.807, 2.05) is 0 Å². The maximum Gasteiger partial charge on any atom is 0.416 e. The van der Waals surface area contributed by atoms with E-state index < -0.39 is 46.6 Å². The van der Waals surface area contributed by atoms with Gasteiger partial charge in [0.2, 0.25) is 0 Å². The van der Waals surface area contributed by atoms with E-state index >= 15 is 0 Å². The summed E-state index contributed by atoms with van der Waals surface area (Å²) in [7, 11) is 0. The predicted octanol–water partition coefficient (Wildman–Crippen LogP) is 6.12. The zero-order valence-corrected chi connectivity index (χ0v) is 17.4. The number of Topliss-reactive ketones (excluding diaryl/α,β-unsaturated/α-hetero) is 1. The minimum Gasteiger partial charge on any atom is -0.507 e. The van der Waals surface area contributed by atoms with Crippen LogP contribution in [0.15, 0.2) is 78.4 Å². The second-order valence-electron chi connectivity index (χ2n) is 7.25. The van der Waals surface area contributed by atoms with Crippen LogP contribution in [0.4, 0.5) is 23.2 Å². The molecule has 0 unspecified atom stereocenters. The minimum atomic E-state index is -4.71. The number of hydrogen-bond donors (Lipinski definition) is 1. The van der Waals surface area contributed by atoms with Crippen molar-refractivity contribution in [3.8, 4) is 0 Å². The molecule has 0 aromatic heterocycles. The van der Waals surface area contributed by atoms with E-state index in [4.69, 9.17) is 11.6 Å². The molecule has 0 spiro atoms. The number of carbonyl (C=O) groups is 2. The molecule has 0 aliphatic carbocycles. The summed E-state index contributed by atoms with van der Waals surface area (Å²) in [6.07, 6.45) is -4.71. The first-order chi connectivity index (χ1) is 15.6. The number of halogens is 5. The number of benzene rings is 3. The van der Waals surface area contributed by atoms with Crippen LogP contribution in [0.2, 0.25) is 5.02 Å². The second kappa shape index (κ2) is 8.37. The van der Waals surface area contributed by atoms with Crippen LogP contribution >= 0.6 is 11.6 Å². The van der Waals surface area contributed by atoms with Crippen LogP contribution in [-0.4, -0.2) is 16.8 Å². The van der Waals surface area contributed by atoms with Crippen LogP contribution in [-0.2, 0) is 15.8 Å². The molecule has 1 heterocycles. The summed E-state index contributed by atoms with van der Waals surface area (Å²) in [5.41, 5.74) is -1.81. The van der Waals surface area contributed by atoms with E-state index in [1.54, 1.807) is 0 Å². The molecule has 1 atom stereocenters. The van der Waals surface area contributed by atoms with Crippen molar-refractivity contribution in [2.24, 2.45) is 0 Å². The maximum atomic E-state index is 14.8. The maximum absolute atomic E-state index is 14.8. The third-order valence-corrected chi connectivity index (χ3v) is 5.47. The molecule has 0 saturated carbocycles. The van der Waals surface area contributed by atoms with Crippen molar-refractivity contribution in [1.29, 1.82) is 0 Å². The lowest BCUT2D eigenvalue weighted by Gasteiger charge is -2.26. The van der Waals surface area contributed by atoms with Crippen molar-refractivity contribution in [2.75, 3.05) is 4.90 Å². The van der Waals surface area contributed by atoms with Gasteiger partial charge in [-0.2, -0.15) is 13.2 Å². The van der Waals surface area contributed by atoms with Gasteiger partial charge in [-0.25, -0.2) is 4.39 Å². The average Bonchev–Trinajstić information content (AvgIpc) is 3.04. The highest BCUT2D eigenvalue weighted by atomic mass is 35.5. The molecule has 0 radical (unpaired) electrons. The Labute approximate surface area is 190 Å². The van der Waals surface area contributed by atoms with E-state index in [0.29, 0.717) is 11.1 Å². The fourth-order valence-electron chi connectivity index (χ4n) is 3.69. The summed E-state index contributed by atoms with van der Waals surface area (Å²) in [6.45, 7) is 0. The molecule has 1 fully saturated rings. The summed E-state index contributed by atoms with van der Waals surface area (Å²) in [4.78, 5) is 26.7. The van der Waals surface area contributed by atoms with Gasteiger partial charge in [-0.15, -0.1) is 0 Å². The minimum absolute atomic E-state index is 0.128. The molecule has 33 heavy (non-hydrogen) atoms. The number of alkyl halides is 3. The van der Waals surface area contributed by atoms with E-state index in [1.165, 1.54) is 48.5 Å². The van der Waals surface area contributed by atoms with Crippen molar-refractivity contribution >= 4 is 34.7 Å². The Morgan fingerprint density at radius 3 is 2.24 bits per heavy atom. The van der Waals surface area contributed by atoms with Gasteiger partial charge < -0.3 is 5.11 Å². The average molecular weight is 476 g/mol. The Bertz CT molecular complexity index is 1290. The Morgan fingerprint density at radius 2 is 1.61 bits per heavy atom. The molecule has 3 aromatic carbocycles. The normalized spacial score (nSPS) is 18.1. The molecule has 9 heteroatoms. The van der Waals surface area contributed by atoms with Gasteiger partial charge >= 0.3 is 6.18 Å². The summed E-state index contributed by atoms with van der Waals surface area (Å²) in [5.74, 6) is -3.76. The zero-order valence-electron chi connectivity index (χ0n) is 16.6. The molecule has 1 N–H and O–H groups in total. The summed E-state index contributed by atoms with van der Waals surface area (Å²) in [6, 6.07) is 13.2. The lowest BCUT2D eigenvalue weighted by atomic mass is 9.94. The lowest BCUT2D eigenvalue weighted by molar-refractivity contribution is -0.137. The Hall–Kier alpha value is -3.65. The molecule has 168 valence electrons. The zero-order chi connectivity index (χ0) is 23.9. The number of aliphatic hydroxyl groups is 1. The SMILES string of the molecule is O=C1C(=O)N(c2cccc(C(F)(F)F)c2)[C@H](c2ccccc2F)/C1=C(\O)c1ccc(Cl)cc1. The topological polar surface area (TPSA) is 57.6 Å². The first kappa shape index (κ1) is 22.5. The lowest BCUT2D eigenvalue weighted by Crippen LogP contribution is -2.30. The first-order valence-corrected chi connectivity index (χ1v) is 9.96. The number of hydrogen-bond acceptors (Lipinski definition) is 3. The van der Waals surface area contributed by atoms with Crippen molar-refractivity contribution in [3.05, 3.63) is 106 Å². The van der Waals surface area contributed by atoms with E-state index in [0.717, 1.165) is 23.1 Å². The largest absolute Gasteiger partial charge is 0.507 e. The molecule has 1 aliphatic rings. The molecule has 1 amide bonds. The van der Waals surface area contributed by atoms with E-state index in [2.05, 4.69) is 0 Å². The standard InChI is InChI=1S/C24H14ClF4NO3/c25-15-10-8-13(9-11-15)21(31)19-20(17-6-1-2-7-18(17)26)30(23(33)22(19)32)16-5-3-4-14(12-16)24(27,28)29/h1-12,20,31H/b21-19+/t20-/m1/s1. The Kier molecular flexibility index (Phi) is 5.71. The van der Waals surface area contributed by atoms with Crippen LogP contribution in [0.25, 0.3) is 5.76 Å². The van der Waals surface area contributed by atoms with Gasteiger partial charge in [-0.05, 0) is 48.5 Å². The number of rotatable bonds is 3. The van der Waals surface area contributed by atoms with Crippen molar-refractivity contribution in [2.45, 2.75) is 12.2 Å². The summed E-state index contributed by atoms with van der Waals surface area (Å²) < 4.78 is 54.6. The quantitative estimate of drug-likeness (QED) is 0.215. The van der Waals surface area contributed by atoms with Crippen molar-refractivity contribution in [3.63, 3.8) is 0 Å². The molecule has 1 saturated heterocycles. The van der Waals surface area contributed by atoms with Crippen LogP contribution < -0.4 is 4.90 Å². The molecule has 4 nitrogen and oxygen atoms in total. The summed E-state index contributed by atoms with van der Waals surface area (Å²) >= 11 is 5.86. The predicted molar refractivity (Wildman–Crippen MR) is 114 cm³/mol. The first-order valence-electron chi connectivity index (χ1n) is 9.58. The van der Waals surface area contributed by atoms with E-state index in [-0.39, 0.29) is 16.8 Å². The number of amides is 1. The fraction of sp³-hybridized carbons (Fsp3) is 0.0833. The van der Waals surface area contributed by atoms with Crippen molar-refractivity contribution < 1.29 is 32.3 Å². The van der Waals surface area contributed by atoms with Gasteiger partial charge in [-0.3, -0.25) is 14.5 Å². The number of carbonyl (C=O) groups excluding carboxylic acids is 2. The summed E-state index contributed by atoms with van der Waals surface area (Å²) in [5, 5.41) is 11.3. The van der Waals surface area contributed by atoms with Crippen LogP contribution in [0.1, 0.15) is 22.7 Å². The number of nitrogens with zero attached hydrogens (tertiary/aromatic N) is 1. The van der Waals surface area contributed by atoms with Gasteiger partial charge in [0.15, 0.2) is 0 Å². The Balaban J connectivity index is 1.97. The highest BCUT2D eigenvalue weighted by Crippen LogP contribution is 2.44. The van der Waals surface area contributed by atoms with Gasteiger partial charge in [-0.1, -0.05) is 35.9 Å². The van der Waals surface area contributed by atoms with Gasteiger partial charge in [0.1, 0.15) is 11.6 Å². The number of ketones is 1. The van der Waals surface area contributed by atoms with Crippen LogP contribution in [0.5, 0.6) is 0 Å². The van der Waals surface area contributed by atoms with Crippen molar-refractivity contribution in [1.82, 2.24) is 0 Å². The van der Waals surface area contributed by atoms with Gasteiger partial charge in [0.05, 0.1) is 17.2 Å². The molecule has 0 bridgehead atoms. The van der Waals surface area contributed by atoms with Gasteiger partial charge in [0, 0.05) is 21.8 Å². The molecular weight excluding hydrogens is 462 g/mol. The molecular formula is C24H14ClF4NO3. The monoisotopic (exact) mass is 475 g/mol. The molecule has 4 rings (SSSR count). The second-order valence-corrected chi connectivity index (χ2v) is 7.68. The number of aliphatic hydroxyl groups excluding tert-OH is 1. The highest BCUT2D eigenvalue weighted by Gasteiger charge is 2.48. The van der Waals surface area contributed by atoms with Crippen LogP contribution in [0.3, 0.4) is 0 Å². The Morgan fingerprint density at radius 1 is 0.939 bits per heavy atom. The molecule has 3 aromatic rings. The van der Waals surface area contributed by atoms with Gasteiger partial charge in [0.25, 0.3) is 11.7 Å². The van der Waals surface area contributed by atoms with Crippen LogP contribution in [0, 0.1) is 5.82 Å². The van der Waals surface area contributed by atoms with E-state index in [9.17, 15) is 32.3 Å².